The van der Waals surface area contributed by atoms with Gasteiger partial charge in [0.25, 0.3) is 0 Å². The number of aliphatic carboxylic acids is 1. The maximum absolute atomic E-state index is 11.4. The second-order valence-corrected chi connectivity index (χ2v) is 5.68. The normalized spacial score (nSPS) is 31.5. The highest BCUT2D eigenvalue weighted by Gasteiger charge is 2.37. The van der Waals surface area contributed by atoms with Gasteiger partial charge in [0.2, 0.25) is 5.91 Å². The molecule has 1 aliphatic heterocycles. The van der Waals surface area contributed by atoms with Crippen molar-refractivity contribution < 1.29 is 14.7 Å². The molecule has 2 rings (SSSR count). The van der Waals surface area contributed by atoms with Crippen LogP contribution in [-0.4, -0.2) is 53.1 Å². The number of nitrogens with one attached hydrogen (secondary N) is 1. The first-order valence-corrected chi connectivity index (χ1v) is 7.19. The van der Waals surface area contributed by atoms with Gasteiger partial charge in [-0.25, -0.2) is 4.79 Å². The van der Waals surface area contributed by atoms with E-state index in [1.54, 1.807) is 6.08 Å². The topological polar surface area (TPSA) is 95.7 Å². The van der Waals surface area contributed by atoms with Crippen molar-refractivity contribution in [2.24, 2.45) is 5.73 Å². The van der Waals surface area contributed by atoms with Gasteiger partial charge in [0.1, 0.15) is 0 Å². The van der Waals surface area contributed by atoms with Crippen molar-refractivity contribution >= 4 is 11.9 Å². The Labute approximate surface area is 119 Å². The average Bonchev–Trinajstić information content (AvgIpc) is 2.41. The standard InChI is InChI=1S/C14H23N3O3/c1-9(18)16-13-11(15)7-10(14(19)20)8-12(13)17-5-3-2-4-6-17/h8,11-13H,2-7,15H2,1H3,(H,16,18)(H,19,20)/t11-,12+,13+/m0/s1. The van der Waals surface area contributed by atoms with Gasteiger partial charge in [0.05, 0.1) is 12.1 Å². The lowest BCUT2D eigenvalue weighted by atomic mass is 9.85. The summed E-state index contributed by atoms with van der Waals surface area (Å²) in [5.74, 6) is -1.04. The lowest BCUT2D eigenvalue weighted by molar-refractivity contribution is -0.133. The molecule has 1 aliphatic carbocycles. The SMILES string of the molecule is CC(=O)N[C@H]1[C@H](N2CCCCC2)C=C(C(=O)O)C[C@@H]1N. The zero-order valence-electron chi connectivity index (χ0n) is 11.8. The highest BCUT2D eigenvalue weighted by atomic mass is 16.4. The predicted molar refractivity (Wildman–Crippen MR) is 75.1 cm³/mol. The quantitative estimate of drug-likeness (QED) is 0.681. The van der Waals surface area contributed by atoms with Gasteiger partial charge in [-0.2, -0.15) is 0 Å². The molecule has 0 bridgehead atoms. The highest BCUT2D eigenvalue weighted by molar-refractivity contribution is 5.87. The van der Waals surface area contributed by atoms with Crippen LogP contribution in [0.3, 0.4) is 0 Å². The molecule has 0 spiro atoms. The molecule has 112 valence electrons. The van der Waals surface area contributed by atoms with E-state index in [0.717, 1.165) is 25.9 Å². The average molecular weight is 281 g/mol. The maximum atomic E-state index is 11.4. The third-order valence-electron chi connectivity index (χ3n) is 4.11. The molecule has 6 nitrogen and oxygen atoms in total. The van der Waals surface area contributed by atoms with E-state index in [0.29, 0.717) is 12.0 Å². The molecule has 1 fully saturated rings. The number of rotatable bonds is 3. The first-order chi connectivity index (χ1) is 9.49. The molecule has 0 radical (unpaired) electrons. The van der Waals surface area contributed by atoms with E-state index in [4.69, 9.17) is 5.73 Å². The molecule has 1 saturated heterocycles. The summed E-state index contributed by atoms with van der Waals surface area (Å²) < 4.78 is 0. The second-order valence-electron chi connectivity index (χ2n) is 5.68. The Hall–Kier alpha value is -1.40. The zero-order chi connectivity index (χ0) is 14.7. The summed E-state index contributed by atoms with van der Waals surface area (Å²) in [5.41, 5.74) is 6.46. The van der Waals surface area contributed by atoms with Crippen LogP contribution < -0.4 is 11.1 Å². The van der Waals surface area contributed by atoms with E-state index in [9.17, 15) is 14.7 Å². The lowest BCUT2D eigenvalue weighted by Crippen LogP contribution is -2.61. The summed E-state index contributed by atoms with van der Waals surface area (Å²) in [7, 11) is 0. The van der Waals surface area contributed by atoms with Gasteiger partial charge >= 0.3 is 5.97 Å². The molecular formula is C14H23N3O3. The summed E-state index contributed by atoms with van der Waals surface area (Å²) in [6.07, 6.45) is 5.49. The van der Waals surface area contributed by atoms with Crippen molar-refractivity contribution in [2.75, 3.05) is 13.1 Å². The minimum atomic E-state index is -0.913. The first kappa shape index (κ1) is 15.0. The van der Waals surface area contributed by atoms with Crippen LogP contribution >= 0.6 is 0 Å². The van der Waals surface area contributed by atoms with Crippen LogP contribution in [0.5, 0.6) is 0 Å². The van der Waals surface area contributed by atoms with Crippen molar-refractivity contribution in [3.63, 3.8) is 0 Å². The Morgan fingerprint density at radius 3 is 2.55 bits per heavy atom. The van der Waals surface area contributed by atoms with Gasteiger partial charge < -0.3 is 16.2 Å². The van der Waals surface area contributed by atoms with Gasteiger partial charge in [-0.1, -0.05) is 12.5 Å². The number of carboxylic acids is 1. The minimum absolute atomic E-state index is 0.117. The number of hydrogen-bond donors (Lipinski definition) is 3. The molecule has 0 aromatic heterocycles. The number of likely N-dealkylation sites (tertiary alicyclic amines) is 1. The summed E-state index contributed by atoms with van der Waals surface area (Å²) in [6, 6.07) is -0.690. The number of nitrogens with two attached hydrogens (primary N) is 1. The van der Waals surface area contributed by atoms with E-state index in [1.807, 2.05) is 0 Å². The number of nitrogens with zero attached hydrogens (tertiary/aromatic N) is 1. The Bertz CT molecular complexity index is 416. The molecule has 4 N–H and O–H groups in total. The molecule has 0 aromatic carbocycles. The Morgan fingerprint density at radius 2 is 2.00 bits per heavy atom. The van der Waals surface area contributed by atoms with E-state index < -0.39 is 5.97 Å². The molecule has 20 heavy (non-hydrogen) atoms. The van der Waals surface area contributed by atoms with Gasteiger partial charge in [-0.15, -0.1) is 0 Å². The third-order valence-corrected chi connectivity index (χ3v) is 4.11. The predicted octanol–water partition coefficient (Wildman–Crippen LogP) is 0.0876. The fraction of sp³-hybridized carbons (Fsp3) is 0.714. The Balaban J connectivity index is 2.24. The van der Waals surface area contributed by atoms with Gasteiger partial charge in [0, 0.05) is 18.5 Å². The highest BCUT2D eigenvalue weighted by Crippen LogP contribution is 2.25. The number of carboxylic acid groups (broad SMARTS) is 1. The van der Waals surface area contributed by atoms with Crippen molar-refractivity contribution in [2.45, 2.75) is 50.7 Å². The van der Waals surface area contributed by atoms with Gasteiger partial charge in [-0.05, 0) is 32.4 Å². The lowest BCUT2D eigenvalue weighted by Gasteiger charge is -2.42. The van der Waals surface area contributed by atoms with E-state index in [1.165, 1.54) is 13.3 Å². The third kappa shape index (κ3) is 3.37. The second kappa shape index (κ2) is 6.37. The first-order valence-electron chi connectivity index (χ1n) is 7.19. The van der Waals surface area contributed by atoms with Crippen LogP contribution in [0.1, 0.15) is 32.6 Å². The molecule has 6 heteroatoms. The molecule has 0 saturated carbocycles. The molecular weight excluding hydrogens is 258 g/mol. The number of carbonyl (C=O) groups is 2. The summed E-state index contributed by atoms with van der Waals surface area (Å²) in [4.78, 5) is 24.8. The van der Waals surface area contributed by atoms with E-state index in [-0.39, 0.29) is 24.0 Å². The zero-order valence-corrected chi connectivity index (χ0v) is 11.8. The van der Waals surface area contributed by atoms with Crippen molar-refractivity contribution in [3.8, 4) is 0 Å². The van der Waals surface area contributed by atoms with E-state index >= 15 is 0 Å². The monoisotopic (exact) mass is 281 g/mol. The van der Waals surface area contributed by atoms with Crippen LogP contribution in [0.4, 0.5) is 0 Å². The Morgan fingerprint density at radius 1 is 1.35 bits per heavy atom. The summed E-state index contributed by atoms with van der Waals surface area (Å²) in [6.45, 7) is 3.32. The number of hydrogen-bond acceptors (Lipinski definition) is 4. The molecule has 0 unspecified atom stereocenters. The van der Waals surface area contributed by atoms with Gasteiger partial charge in [-0.3, -0.25) is 9.69 Å². The van der Waals surface area contributed by atoms with Crippen LogP contribution in [-0.2, 0) is 9.59 Å². The maximum Gasteiger partial charge on any atom is 0.331 e. The van der Waals surface area contributed by atoms with Crippen LogP contribution in [0.15, 0.2) is 11.6 Å². The van der Waals surface area contributed by atoms with Crippen molar-refractivity contribution in [1.29, 1.82) is 0 Å². The summed E-state index contributed by atoms with van der Waals surface area (Å²) in [5, 5.41) is 12.1. The summed E-state index contributed by atoms with van der Waals surface area (Å²) >= 11 is 0. The Kier molecular flexibility index (Phi) is 4.77. The van der Waals surface area contributed by atoms with Crippen molar-refractivity contribution in [1.82, 2.24) is 10.2 Å². The van der Waals surface area contributed by atoms with Crippen LogP contribution in [0, 0.1) is 0 Å². The minimum Gasteiger partial charge on any atom is -0.478 e. The largest absolute Gasteiger partial charge is 0.478 e. The number of carbonyl (C=O) groups excluding carboxylic acids is 1. The fourth-order valence-electron chi connectivity index (χ4n) is 3.15. The fourth-order valence-corrected chi connectivity index (χ4v) is 3.15. The molecule has 1 amide bonds. The molecule has 3 atom stereocenters. The smallest absolute Gasteiger partial charge is 0.331 e. The van der Waals surface area contributed by atoms with Crippen LogP contribution in [0.25, 0.3) is 0 Å². The molecule has 0 aromatic rings. The number of piperidine rings is 1. The van der Waals surface area contributed by atoms with Crippen LogP contribution in [0.2, 0.25) is 0 Å². The molecule has 1 heterocycles. The molecule has 2 aliphatic rings. The van der Waals surface area contributed by atoms with Gasteiger partial charge in [0.15, 0.2) is 0 Å². The van der Waals surface area contributed by atoms with Crippen molar-refractivity contribution in [3.05, 3.63) is 11.6 Å². The number of amides is 1. The van der Waals surface area contributed by atoms with E-state index in [2.05, 4.69) is 10.2 Å².